The fourth-order valence-corrected chi connectivity index (χ4v) is 1.96. The van der Waals surface area contributed by atoms with E-state index in [-0.39, 0.29) is 17.9 Å². The van der Waals surface area contributed by atoms with Crippen LogP contribution in [0.25, 0.3) is 11.3 Å². The quantitative estimate of drug-likeness (QED) is 0.814. The van der Waals surface area contributed by atoms with Gasteiger partial charge in [-0.05, 0) is 19.1 Å². The molecule has 1 aromatic carbocycles. The molecule has 0 radical (unpaired) electrons. The van der Waals surface area contributed by atoms with Crippen molar-refractivity contribution in [1.82, 2.24) is 9.78 Å². The molecular weight excluding hydrogens is 315 g/mol. The molecule has 0 N–H and O–H groups in total. The van der Waals surface area contributed by atoms with E-state index in [1.54, 1.807) is 31.2 Å². The zero-order valence-electron chi connectivity index (χ0n) is 10.5. The minimum absolute atomic E-state index is 0.133. The Balaban J connectivity index is 2.54. The third kappa shape index (κ3) is 2.68. The normalized spacial score (nSPS) is 10.5. The minimum atomic E-state index is -0.703. The van der Waals surface area contributed by atoms with Gasteiger partial charge < -0.3 is 4.74 Å². The summed E-state index contributed by atoms with van der Waals surface area (Å²) in [6.07, 6.45) is 0. The van der Waals surface area contributed by atoms with Crippen molar-refractivity contribution < 1.29 is 13.9 Å². The van der Waals surface area contributed by atoms with E-state index >= 15 is 0 Å². The number of halogens is 2. The molecule has 0 aliphatic heterocycles. The van der Waals surface area contributed by atoms with E-state index in [0.29, 0.717) is 5.56 Å². The number of benzene rings is 1. The molecule has 0 atom stereocenters. The third-order valence-corrected chi connectivity index (χ3v) is 3.10. The largest absolute Gasteiger partial charge is 0.462 e. The fraction of sp³-hybridized carbons (Fsp3) is 0.231. The van der Waals surface area contributed by atoms with Crippen molar-refractivity contribution in [2.45, 2.75) is 6.92 Å². The first-order chi connectivity index (χ1) is 9.04. The van der Waals surface area contributed by atoms with Gasteiger partial charge in [-0.1, -0.05) is 28.1 Å². The van der Waals surface area contributed by atoms with Gasteiger partial charge in [-0.3, -0.25) is 0 Å². The Kier molecular flexibility index (Phi) is 3.99. The second-order valence-electron chi connectivity index (χ2n) is 3.87. The Labute approximate surface area is 118 Å². The number of ether oxygens (including phenoxy) is 1. The maximum absolute atomic E-state index is 14.0. The Morgan fingerprint density at radius 3 is 2.63 bits per heavy atom. The van der Waals surface area contributed by atoms with Crippen molar-refractivity contribution in [3.05, 3.63) is 40.2 Å². The molecule has 1 aromatic heterocycles. The first-order valence-electron chi connectivity index (χ1n) is 5.70. The third-order valence-electron chi connectivity index (χ3n) is 2.57. The monoisotopic (exact) mass is 326 g/mol. The molecule has 0 spiro atoms. The smallest absolute Gasteiger partial charge is 0.345 e. The van der Waals surface area contributed by atoms with Gasteiger partial charge in [0.05, 0.1) is 6.61 Å². The van der Waals surface area contributed by atoms with E-state index in [0.717, 1.165) is 9.15 Å². The molecular formula is C13H12BrFN2O2. The van der Waals surface area contributed by atoms with Crippen LogP contribution in [-0.4, -0.2) is 22.4 Å². The summed E-state index contributed by atoms with van der Waals surface area (Å²) >= 11 is 3.32. The molecule has 0 bridgehead atoms. The van der Waals surface area contributed by atoms with Gasteiger partial charge in [-0.2, -0.15) is 9.49 Å². The van der Waals surface area contributed by atoms with Crippen LogP contribution < -0.4 is 0 Å². The first kappa shape index (κ1) is 13.7. The van der Waals surface area contributed by atoms with Crippen LogP contribution in [0.5, 0.6) is 0 Å². The first-order valence-corrected chi connectivity index (χ1v) is 6.49. The van der Waals surface area contributed by atoms with Crippen LogP contribution in [0.2, 0.25) is 0 Å². The highest BCUT2D eigenvalue weighted by Crippen LogP contribution is 2.26. The zero-order valence-corrected chi connectivity index (χ0v) is 12.1. The predicted molar refractivity (Wildman–Crippen MR) is 72.3 cm³/mol. The highest BCUT2D eigenvalue weighted by Gasteiger charge is 2.24. The van der Waals surface area contributed by atoms with Gasteiger partial charge in [-0.25, -0.2) is 9.48 Å². The fourth-order valence-electron chi connectivity index (χ4n) is 1.70. The van der Waals surface area contributed by atoms with Crippen LogP contribution in [0.3, 0.4) is 0 Å². The zero-order chi connectivity index (χ0) is 14.0. The van der Waals surface area contributed by atoms with Gasteiger partial charge in [0.1, 0.15) is 11.3 Å². The summed E-state index contributed by atoms with van der Waals surface area (Å²) in [4.78, 5) is 11.8. The summed E-state index contributed by atoms with van der Waals surface area (Å²) in [5.74, 6) is -1.40. The molecule has 0 unspecified atom stereocenters. The van der Waals surface area contributed by atoms with E-state index < -0.39 is 11.9 Å². The maximum atomic E-state index is 14.0. The molecule has 100 valence electrons. The molecule has 0 fully saturated rings. The Bertz CT molecular complexity index is 608. The topological polar surface area (TPSA) is 44.1 Å². The number of aryl methyl sites for hydroxylation is 1. The molecule has 19 heavy (non-hydrogen) atoms. The molecule has 4 nitrogen and oxygen atoms in total. The number of carbonyl (C=O) groups excluding carboxylic acids is 1. The number of rotatable bonds is 3. The van der Waals surface area contributed by atoms with Crippen LogP contribution in [0, 0.1) is 5.95 Å². The molecule has 0 saturated heterocycles. The van der Waals surface area contributed by atoms with Gasteiger partial charge in [0.25, 0.3) is 0 Å². The Morgan fingerprint density at radius 2 is 2.05 bits per heavy atom. The van der Waals surface area contributed by atoms with Crippen molar-refractivity contribution in [2.24, 2.45) is 7.05 Å². The van der Waals surface area contributed by atoms with E-state index in [4.69, 9.17) is 4.74 Å². The standard InChI is InChI=1S/C13H12BrFN2O2/c1-3-19-13(18)10-11(16-17(2)12(10)15)8-4-6-9(14)7-5-8/h4-7H,3H2,1-2H3. The lowest BCUT2D eigenvalue weighted by Gasteiger charge is -2.02. The predicted octanol–water partition coefficient (Wildman–Crippen LogP) is 3.17. The highest BCUT2D eigenvalue weighted by molar-refractivity contribution is 9.10. The van der Waals surface area contributed by atoms with Gasteiger partial charge in [0, 0.05) is 17.1 Å². The second kappa shape index (κ2) is 5.52. The number of esters is 1. The number of hydrogen-bond donors (Lipinski definition) is 0. The van der Waals surface area contributed by atoms with Gasteiger partial charge in [0.2, 0.25) is 5.95 Å². The molecule has 0 saturated carbocycles. The average Bonchev–Trinajstić information content (AvgIpc) is 2.67. The summed E-state index contributed by atoms with van der Waals surface area (Å²) in [6, 6.07) is 7.12. The summed E-state index contributed by atoms with van der Waals surface area (Å²) < 4.78 is 20.7. The molecule has 2 aromatic rings. The molecule has 6 heteroatoms. The van der Waals surface area contributed by atoms with Gasteiger partial charge >= 0.3 is 5.97 Å². The summed E-state index contributed by atoms with van der Waals surface area (Å²) in [5.41, 5.74) is 0.809. The molecule has 0 aliphatic carbocycles. The number of carbonyl (C=O) groups is 1. The summed E-state index contributed by atoms with van der Waals surface area (Å²) in [5, 5.41) is 4.04. The van der Waals surface area contributed by atoms with Crippen LogP contribution in [0.4, 0.5) is 4.39 Å². The lowest BCUT2D eigenvalue weighted by molar-refractivity contribution is 0.0521. The highest BCUT2D eigenvalue weighted by atomic mass is 79.9. The van der Waals surface area contributed by atoms with Crippen LogP contribution in [-0.2, 0) is 11.8 Å². The average molecular weight is 327 g/mol. The van der Waals surface area contributed by atoms with Crippen LogP contribution in [0.15, 0.2) is 28.7 Å². The summed E-state index contributed by atoms with van der Waals surface area (Å²) in [6.45, 7) is 1.86. The maximum Gasteiger partial charge on any atom is 0.345 e. The Hall–Kier alpha value is -1.69. The SMILES string of the molecule is CCOC(=O)c1c(-c2ccc(Br)cc2)nn(C)c1F. The summed E-state index contributed by atoms with van der Waals surface area (Å²) in [7, 11) is 1.44. The van der Waals surface area contributed by atoms with Crippen molar-refractivity contribution in [3.63, 3.8) is 0 Å². The van der Waals surface area contributed by atoms with E-state index in [1.165, 1.54) is 7.05 Å². The van der Waals surface area contributed by atoms with Crippen molar-refractivity contribution in [3.8, 4) is 11.3 Å². The van der Waals surface area contributed by atoms with E-state index in [9.17, 15) is 9.18 Å². The van der Waals surface area contributed by atoms with E-state index in [2.05, 4.69) is 21.0 Å². The molecule has 1 heterocycles. The molecule has 0 amide bonds. The van der Waals surface area contributed by atoms with Crippen molar-refractivity contribution >= 4 is 21.9 Å². The number of hydrogen-bond acceptors (Lipinski definition) is 3. The van der Waals surface area contributed by atoms with Crippen molar-refractivity contribution in [1.29, 1.82) is 0 Å². The van der Waals surface area contributed by atoms with Crippen LogP contribution >= 0.6 is 15.9 Å². The van der Waals surface area contributed by atoms with Crippen molar-refractivity contribution in [2.75, 3.05) is 6.61 Å². The molecule has 2 rings (SSSR count). The van der Waals surface area contributed by atoms with Crippen LogP contribution in [0.1, 0.15) is 17.3 Å². The lowest BCUT2D eigenvalue weighted by Crippen LogP contribution is -2.08. The number of nitrogens with zero attached hydrogens (tertiary/aromatic N) is 2. The lowest BCUT2D eigenvalue weighted by atomic mass is 10.1. The number of aromatic nitrogens is 2. The van der Waals surface area contributed by atoms with Gasteiger partial charge in [-0.15, -0.1) is 0 Å². The molecule has 0 aliphatic rings. The second-order valence-corrected chi connectivity index (χ2v) is 4.78. The van der Waals surface area contributed by atoms with Gasteiger partial charge in [0.15, 0.2) is 0 Å². The van der Waals surface area contributed by atoms with E-state index in [1.807, 2.05) is 0 Å². The minimum Gasteiger partial charge on any atom is -0.462 e. The Morgan fingerprint density at radius 1 is 1.42 bits per heavy atom.